The van der Waals surface area contributed by atoms with Crippen LogP contribution in [0.3, 0.4) is 0 Å². The number of hydrogen-bond donors (Lipinski definition) is 1. The minimum Gasteiger partial charge on any atom is -0.379 e. The molecule has 144 valence electrons. The molecule has 2 aromatic carbocycles. The lowest BCUT2D eigenvalue weighted by Gasteiger charge is -2.26. The van der Waals surface area contributed by atoms with Crippen LogP contribution >= 0.6 is 34.5 Å². The Morgan fingerprint density at radius 2 is 1.86 bits per heavy atom. The van der Waals surface area contributed by atoms with Crippen LogP contribution in [0.5, 0.6) is 0 Å². The van der Waals surface area contributed by atoms with E-state index in [1.54, 1.807) is 18.2 Å². The van der Waals surface area contributed by atoms with Crippen LogP contribution in [-0.4, -0.2) is 42.2 Å². The number of morpholine rings is 1. The van der Waals surface area contributed by atoms with Crippen molar-refractivity contribution in [3.8, 4) is 21.7 Å². The highest BCUT2D eigenvalue weighted by molar-refractivity contribution is 7.17. The molecule has 1 N–H and O–H groups in total. The van der Waals surface area contributed by atoms with Gasteiger partial charge >= 0.3 is 0 Å². The van der Waals surface area contributed by atoms with E-state index in [1.807, 2.05) is 35.3 Å². The Balaban J connectivity index is 1.74. The smallest absolute Gasteiger partial charge is 0.294 e. The van der Waals surface area contributed by atoms with Crippen LogP contribution in [0.1, 0.15) is 9.80 Å². The molecule has 1 fully saturated rings. The molecule has 1 aliphatic heterocycles. The fourth-order valence-electron chi connectivity index (χ4n) is 2.93. The topological polar surface area (TPSA) is 54.5 Å². The number of hydrogen-bond acceptors (Lipinski definition) is 5. The highest BCUT2D eigenvalue weighted by atomic mass is 35.5. The van der Waals surface area contributed by atoms with Gasteiger partial charge in [0.1, 0.15) is 0 Å². The third-order valence-corrected chi connectivity index (χ3v) is 5.98. The number of nitrogens with one attached hydrogen (secondary N) is 1. The Morgan fingerprint density at radius 3 is 2.61 bits per heavy atom. The average Bonchev–Trinajstić information content (AvgIpc) is 3.17. The molecule has 0 saturated carbocycles. The van der Waals surface area contributed by atoms with Crippen molar-refractivity contribution in [2.24, 2.45) is 0 Å². The lowest BCUT2D eigenvalue weighted by atomic mass is 10.1. The van der Waals surface area contributed by atoms with E-state index < -0.39 is 0 Å². The summed E-state index contributed by atoms with van der Waals surface area (Å²) in [6, 6.07) is 15.1. The molecule has 1 saturated heterocycles. The summed E-state index contributed by atoms with van der Waals surface area (Å²) < 4.78 is 5.32. The maximum Gasteiger partial charge on any atom is 0.294 e. The van der Waals surface area contributed by atoms with Crippen LogP contribution in [0.25, 0.3) is 21.7 Å². The zero-order valence-electron chi connectivity index (χ0n) is 14.8. The number of aromatic nitrogens is 1. The second-order valence-electron chi connectivity index (χ2n) is 6.23. The molecule has 2 heterocycles. The fourth-order valence-corrected chi connectivity index (χ4v) is 4.28. The number of ether oxygens (including phenoxy) is 1. The summed E-state index contributed by atoms with van der Waals surface area (Å²) in [7, 11) is 0. The summed E-state index contributed by atoms with van der Waals surface area (Å²) in [4.78, 5) is 18.3. The molecule has 3 aromatic rings. The molecule has 0 unspecified atom stereocenters. The molecular weight excluding hydrogens is 417 g/mol. The standard InChI is InChI=1S/C20H17Cl2N3O2S/c21-14-6-7-16(22)15(12-14)17-18(13-4-2-1-3-5-13)28-20(23-17)19(26)24-25-8-10-27-11-9-25/h1-7,12H,8-11H2,(H,24,26). The normalized spacial score (nSPS) is 14.8. The first-order chi connectivity index (χ1) is 13.6. The van der Waals surface area contributed by atoms with Crippen molar-refractivity contribution in [2.45, 2.75) is 0 Å². The molecular formula is C20H17Cl2N3O2S. The van der Waals surface area contributed by atoms with Gasteiger partial charge in [-0.15, -0.1) is 11.3 Å². The van der Waals surface area contributed by atoms with Gasteiger partial charge in [0.05, 0.1) is 28.8 Å². The van der Waals surface area contributed by atoms with Crippen LogP contribution < -0.4 is 5.43 Å². The first-order valence-corrected chi connectivity index (χ1v) is 10.3. The molecule has 1 aromatic heterocycles. The predicted octanol–water partition coefficient (Wildman–Crippen LogP) is 4.76. The molecule has 5 nitrogen and oxygen atoms in total. The van der Waals surface area contributed by atoms with Crippen LogP contribution in [0.15, 0.2) is 48.5 Å². The third kappa shape index (κ3) is 4.21. The number of nitrogens with zero attached hydrogens (tertiary/aromatic N) is 2. The molecule has 0 radical (unpaired) electrons. The molecule has 0 aliphatic carbocycles. The van der Waals surface area contributed by atoms with Crippen molar-refractivity contribution < 1.29 is 9.53 Å². The Morgan fingerprint density at radius 1 is 1.11 bits per heavy atom. The molecule has 0 spiro atoms. The van der Waals surface area contributed by atoms with E-state index >= 15 is 0 Å². The second kappa shape index (κ2) is 8.59. The largest absolute Gasteiger partial charge is 0.379 e. The SMILES string of the molecule is O=C(NN1CCOCC1)c1nc(-c2cc(Cl)ccc2Cl)c(-c2ccccc2)s1. The van der Waals surface area contributed by atoms with E-state index in [0.29, 0.717) is 52.6 Å². The lowest BCUT2D eigenvalue weighted by Crippen LogP contribution is -2.48. The van der Waals surface area contributed by atoms with Crippen molar-refractivity contribution in [2.75, 3.05) is 26.3 Å². The van der Waals surface area contributed by atoms with E-state index in [9.17, 15) is 4.79 Å². The maximum absolute atomic E-state index is 12.8. The van der Waals surface area contributed by atoms with Gasteiger partial charge < -0.3 is 4.74 Å². The van der Waals surface area contributed by atoms with Gasteiger partial charge in [0.25, 0.3) is 5.91 Å². The molecule has 0 atom stereocenters. The number of carbonyl (C=O) groups is 1. The zero-order valence-corrected chi connectivity index (χ0v) is 17.2. The minimum absolute atomic E-state index is 0.242. The van der Waals surface area contributed by atoms with Crippen molar-refractivity contribution in [3.63, 3.8) is 0 Å². The first kappa shape index (κ1) is 19.4. The van der Waals surface area contributed by atoms with Crippen molar-refractivity contribution in [1.82, 2.24) is 15.4 Å². The van der Waals surface area contributed by atoms with E-state index in [2.05, 4.69) is 10.4 Å². The summed E-state index contributed by atoms with van der Waals surface area (Å²) in [5.74, 6) is -0.242. The Bertz CT molecular complexity index is 988. The Hall–Kier alpha value is -1.96. The number of amides is 1. The van der Waals surface area contributed by atoms with Gasteiger partial charge in [-0.2, -0.15) is 0 Å². The van der Waals surface area contributed by atoms with Gasteiger partial charge in [0, 0.05) is 23.7 Å². The number of halogens is 2. The van der Waals surface area contributed by atoms with Gasteiger partial charge in [-0.3, -0.25) is 10.2 Å². The zero-order chi connectivity index (χ0) is 19.5. The number of hydrazine groups is 1. The monoisotopic (exact) mass is 433 g/mol. The van der Waals surface area contributed by atoms with E-state index in [0.717, 1.165) is 10.4 Å². The quantitative estimate of drug-likeness (QED) is 0.644. The summed E-state index contributed by atoms with van der Waals surface area (Å²) >= 11 is 13.9. The van der Waals surface area contributed by atoms with Crippen molar-refractivity contribution in [3.05, 3.63) is 63.6 Å². The fraction of sp³-hybridized carbons (Fsp3) is 0.200. The molecule has 1 aliphatic rings. The molecule has 8 heteroatoms. The van der Waals surface area contributed by atoms with E-state index in [1.165, 1.54) is 11.3 Å². The Kier molecular flexibility index (Phi) is 5.94. The van der Waals surface area contributed by atoms with Crippen LogP contribution in [-0.2, 0) is 4.74 Å². The van der Waals surface area contributed by atoms with Gasteiger partial charge in [0.15, 0.2) is 5.01 Å². The van der Waals surface area contributed by atoms with Crippen LogP contribution in [0.2, 0.25) is 10.0 Å². The van der Waals surface area contributed by atoms with Crippen molar-refractivity contribution in [1.29, 1.82) is 0 Å². The average molecular weight is 434 g/mol. The number of thiazole rings is 1. The maximum atomic E-state index is 12.8. The van der Waals surface area contributed by atoms with Crippen LogP contribution in [0, 0.1) is 0 Å². The molecule has 4 rings (SSSR count). The first-order valence-electron chi connectivity index (χ1n) is 8.77. The van der Waals surface area contributed by atoms with Gasteiger partial charge in [0.2, 0.25) is 0 Å². The van der Waals surface area contributed by atoms with Crippen LogP contribution in [0.4, 0.5) is 0 Å². The number of carbonyl (C=O) groups excluding carboxylic acids is 1. The van der Waals surface area contributed by atoms with Crippen molar-refractivity contribution >= 4 is 40.4 Å². The number of rotatable bonds is 4. The summed E-state index contributed by atoms with van der Waals surface area (Å²) in [6.07, 6.45) is 0. The van der Waals surface area contributed by atoms with Gasteiger partial charge in [-0.1, -0.05) is 53.5 Å². The summed E-state index contributed by atoms with van der Waals surface area (Å²) in [5.41, 5.74) is 5.23. The third-order valence-electron chi connectivity index (χ3n) is 4.31. The van der Waals surface area contributed by atoms with Gasteiger partial charge in [-0.05, 0) is 23.8 Å². The summed E-state index contributed by atoms with van der Waals surface area (Å²) in [5, 5.41) is 3.32. The lowest BCUT2D eigenvalue weighted by molar-refractivity contribution is 0.0126. The Labute approximate surface area is 176 Å². The minimum atomic E-state index is -0.242. The molecule has 1 amide bonds. The van der Waals surface area contributed by atoms with E-state index in [-0.39, 0.29) is 5.91 Å². The van der Waals surface area contributed by atoms with E-state index in [4.69, 9.17) is 27.9 Å². The van der Waals surface area contributed by atoms with Gasteiger partial charge in [-0.25, -0.2) is 9.99 Å². The summed E-state index contributed by atoms with van der Waals surface area (Å²) in [6.45, 7) is 2.48. The highest BCUT2D eigenvalue weighted by Gasteiger charge is 2.22. The molecule has 0 bridgehead atoms. The number of benzene rings is 2. The second-order valence-corrected chi connectivity index (χ2v) is 8.07. The highest BCUT2D eigenvalue weighted by Crippen LogP contribution is 2.40. The predicted molar refractivity (Wildman–Crippen MR) is 113 cm³/mol. The molecule has 28 heavy (non-hydrogen) atoms.